The van der Waals surface area contributed by atoms with Crippen LogP contribution in [0.1, 0.15) is 24.2 Å². The first-order chi connectivity index (χ1) is 8.69. The molecule has 18 heavy (non-hydrogen) atoms. The lowest BCUT2D eigenvalue weighted by Gasteiger charge is -2.10. The van der Waals surface area contributed by atoms with E-state index in [4.69, 9.17) is 0 Å². The van der Waals surface area contributed by atoms with Crippen LogP contribution in [0.15, 0.2) is 22.2 Å². The van der Waals surface area contributed by atoms with E-state index in [9.17, 15) is 4.79 Å². The summed E-state index contributed by atoms with van der Waals surface area (Å²) in [4.78, 5) is 15.5. The zero-order valence-electron chi connectivity index (χ0n) is 10.2. The van der Waals surface area contributed by atoms with Crippen LogP contribution in [0.25, 0.3) is 0 Å². The number of thiophene rings is 1. The van der Waals surface area contributed by atoms with E-state index in [0.717, 1.165) is 10.8 Å². The fourth-order valence-electron chi connectivity index (χ4n) is 1.46. The van der Waals surface area contributed by atoms with Gasteiger partial charge in [-0.15, -0.1) is 11.3 Å². The number of hydrogen-bond acceptors (Lipinski definition) is 6. The number of thiazole rings is 1. The van der Waals surface area contributed by atoms with E-state index in [0.29, 0.717) is 0 Å². The van der Waals surface area contributed by atoms with Crippen LogP contribution in [0.4, 0.5) is 5.13 Å². The van der Waals surface area contributed by atoms with Crippen molar-refractivity contribution in [3.63, 3.8) is 0 Å². The molecule has 0 radical (unpaired) electrons. The van der Waals surface area contributed by atoms with Gasteiger partial charge in [-0.05, 0) is 29.3 Å². The fraction of sp³-hybridized carbons (Fsp3) is 0.333. The Hall–Kier alpha value is -1.40. The Morgan fingerprint density at radius 1 is 1.56 bits per heavy atom. The molecule has 1 unspecified atom stereocenters. The zero-order valence-corrected chi connectivity index (χ0v) is 11.8. The van der Waals surface area contributed by atoms with E-state index in [-0.39, 0.29) is 18.4 Å². The molecule has 0 aromatic carbocycles. The molecule has 2 heterocycles. The summed E-state index contributed by atoms with van der Waals surface area (Å²) in [5.41, 5.74) is 1.98. The van der Waals surface area contributed by atoms with Crippen LogP contribution >= 0.6 is 22.7 Å². The van der Waals surface area contributed by atoms with E-state index in [1.54, 1.807) is 11.3 Å². The van der Waals surface area contributed by atoms with Gasteiger partial charge in [0, 0.05) is 5.38 Å². The third-order valence-corrected chi connectivity index (χ3v) is 4.01. The first kappa shape index (κ1) is 13.0. The van der Waals surface area contributed by atoms with Crippen LogP contribution in [0, 0.1) is 0 Å². The van der Waals surface area contributed by atoms with Crippen LogP contribution in [0.3, 0.4) is 0 Å². The highest BCUT2D eigenvalue weighted by Crippen LogP contribution is 2.23. The number of ether oxygens (including phenoxy) is 1. The van der Waals surface area contributed by atoms with Gasteiger partial charge in [0.2, 0.25) is 0 Å². The number of rotatable bonds is 5. The van der Waals surface area contributed by atoms with Crippen molar-refractivity contribution in [2.45, 2.75) is 19.4 Å². The SMILES string of the molecule is COC(=O)Cc1csc(NC(C)c2ccsc2)n1. The van der Waals surface area contributed by atoms with Crippen molar-refractivity contribution in [1.82, 2.24) is 4.98 Å². The molecule has 0 spiro atoms. The first-order valence-electron chi connectivity index (χ1n) is 5.49. The van der Waals surface area contributed by atoms with E-state index >= 15 is 0 Å². The van der Waals surface area contributed by atoms with Gasteiger partial charge < -0.3 is 10.1 Å². The first-order valence-corrected chi connectivity index (χ1v) is 7.31. The molecule has 4 nitrogen and oxygen atoms in total. The van der Waals surface area contributed by atoms with Crippen LogP contribution < -0.4 is 5.32 Å². The number of anilines is 1. The summed E-state index contributed by atoms with van der Waals surface area (Å²) < 4.78 is 4.61. The summed E-state index contributed by atoms with van der Waals surface area (Å²) in [6.07, 6.45) is 0.224. The van der Waals surface area contributed by atoms with Crippen LogP contribution in [0.2, 0.25) is 0 Å². The second-order valence-electron chi connectivity index (χ2n) is 3.82. The summed E-state index contributed by atoms with van der Waals surface area (Å²) in [6.45, 7) is 2.09. The van der Waals surface area contributed by atoms with Crippen molar-refractivity contribution in [3.8, 4) is 0 Å². The minimum atomic E-state index is -0.266. The standard InChI is InChI=1S/C12H14N2O2S2/c1-8(9-3-4-17-6-9)13-12-14-10(7-18-12)5-11(15)16-2/h3-4,6-8H,5H2,1-2H3,(H,13,14). The van der Waals surface area contributed by atoms with Crippen molar-refractivity contribution in [2.24, 2.45) is 0 Å². The minimum Gasteiger partial charge on any atom is -0.469 e. The lowest BCUT2D eigenvalue weighted by atomic mass is 10.2. The number of carbonyl (C=O) groups excluding carboxylic acids is 1. The average Bonchev–Trinajstić information content (AvgIpc) is 3.00. The highest BCUT2D eigenvalue weighted by molar-refractivity contribution is 7.13. The van der Waals surface area contributed by atoms with Crippen LogP contribution in [0.5, 0.6) is 0 Å². The predicted octanol–water partition coefficient (Wildman–Crippen LogP) is 3.09. The van der Waals surface area contributed by atoms with E-state index in [1.165, 1.54) is 24.0 Å². The van der Waals surface area contributed by atoms with Gasteiger partial charge in [-0.3, -0.25) is 4.79 Å². The molecule has 96 valence electrons. The number of aromatic nitrogens is 1. The van der Waals surface area contributed by atoms with Gasteiger partial charge in [0.1, 0.15) is 0 Å². The number of nitrogens with zero attached hydrogens (tertiary/aromatic N) is 1. The molecule has 1 N–H and O–H groups in total. The molecule has 2 aromatic rings. The summed E-state index contributed by atoms with van der Waals surface area (Å²) in [7, 11) is 1.38. The molecule has 0 saturated heterocycles. The van der Waals surface area contributed by atoms with Gasteiger partial charge in [-0.1, -0.05) is 0 Å². The predicted molar refractivity (Wildman–Crippen MR) is 74.2 cm³/mol. The minimum absolute atomic E-state index is 0.216. The highest BCUT2D eigenvalue weighted by atomic mass is 32.1. The van der Waals surface area contributed by atoms with Crippen molar-refractivity contribution in [1.29, 1.82) is 0 Å². The van der Waals surface area contributed by atoms with Crippen LogP contribution in [-0.4, -0.2) is 18.1 Å². The molecule has 0 aliphatic heterocycles. The third-order valence-electron chi connectivity index (χ3n) is 2.49. The number of carbonyl (C=O) groups is 1. The number of nitrogens with one attached hydrogen (secondary N) is 1. The quantitative estimate of drug-likeness (QED) is 0.856. The number of esters is 1. The van der Waals surface area contributed by atoms with Crippen molar-refractivity contribution in [2.75, 3.05) is 12.4 Å². The van der Waals surface area contributed by atoms with Crippen LogP contribution in [-0.2, 0) is 16.0 Å². The molecule has 0 fully saturated rings. The lowest BCUT2D eigenvalue weighted by molar-refractivity contribution is -0.139. The molecule has 6 heteroatoms. The Kier molecular flexibility index (Phi) is 4.33. The fourth-order valence-corrected chi connectivity index (χ4v) is 3.02. The maximum Gasteiger partial charge on any atom is 0.311 e. The number of methoxy groups -OCH3 is 1. The Bertz CT molecular complexity index is 508. The molecule has 0 aliphatic carbocycles. The van der Waals surface area contributed by atoms with E-state index < -0.39 is 0 Å². The highest BCUT2D eigenvalue weighted by Gasteiger charge is 2.10. The van der Waals surface area contributed by atoms with Crippen molar-refractivity contribution < 1.29 is 9.53 Å². The summed E-state index contributed by atoms with van der Waals surface area (Å²) >= 11 is 3.18. The van der Waals surface area contributed by atoms with Gasteiger partial charge in [0.25, 0.3) is 0 Å². The molecule has 0 bridgehead atoms. The maximum absolute atomic E-state index is 11.1. The normalized spacial score (nSPS) is 12.1. The van der Waals surface area contributed by atoms with E-state index in [1.807, 2.05) is 5.38 Å². The summed E-state index contributed by atoms with van der Waals surface area (Å²) in [6, 6.07) is 2.30. The summed E-state index contributed by atoms with van der Waals surface area (Å²) in [5, 5.41) is 10.2. The Balaban J connectivity index is 1.96. The lowest BCUT2D eigenvalue weighted by Crippen LogP contribution is -2.07. The Morgan fingerprint density at radius 3 is 3.06 bits per heavy atom. The Labute approximate surface area is 114 Å². The van der Waals surface area contributed by atoms with Gasteiger partial charge in [-0.2, -0.15) is 11.3 Å². The molecule has 2 aromatic heterocycles. The molecular formula is C12H14N2O2S2. The second kappa shape index (κ2) is 5.97. The molecule has 0 saturated carbocycles. The largest absolute Gasteiger partial charge is 0.469 e. The Morgan fingerprint density at radius 2 is 2.39 bits per heavy atom. The van der Waals surface area contributed by atoms with Crippen molar-refractivity contribution >= 4 is 33.8 Å². The number of hydrogen-bond donors (Lipinski definition) is 1. The molecule has 1 atom stereocenters. The topological polar surface area (TPSA) is 51.2 Å². The van der Waals surface area contributed by atoms with Gasteiger partial charge in [0.15, 0.2) is 5.13 Å². The zero-order chi connectivity index (χ0) is 13.0. The summed E-state index contributed by atoms with van der Waals surface area (Å²) in [5.74, 6) is -0.266. The van der Waals surface area contributed by atoms with E-state index in [2.05, 4.69) is 38.8 Å². The second-order valence-corrected chi connectivity index (χ2v) is 5.46. The molecular weight excluding hydrogens is 268 g/mol. The smallest absolute Gasteiger partial charge is 0.311 e. The monoisotopic (exact) mass is 282 g/mol. The third kappa shape index (κ3) is 3.30. The maximum atomic E-state index is 11.1. The molecule has 0 aliphatic rings. The molecule has 2 rings (SSSR count). The average molecular weight is 282 g/mol. The van der Waals surface area contributed by atoms with Gasteiger partial charge in [-0.25, -0.2) is 4.98 Å². The van der Waals surface area contributed by atoms with Gasteiger partial charge in [0.05, 0.1) is 25.3 Å². The van der Waals surface area contributed by atoms with Crippen molar-refractivity contribution in [3.05, 3.63) is 33.5 Å². The molecule has 0 amide bonds. The van der Waals surface area contributed by atoms with Gasteiger partial charge >= 0.3 is 5.97 Å².